The maximum atomic E-state index is 13.4. The van der Waals surface area contributed by atoms with Crippen LogP contribution in [0.3, 0.4) is 0 Å². The van der Waals surface area contributed by atoms with Gasteiger partial charge in [-0.25, -0.2) is 14.5 Å². The first kappa shape index (κ1) is 24.8. The van der Waals surface area contributed by atoms with Crippen molar-refractivity contribution in [3.8, 4) is 23.1 Å². The summed E-state index contributed by atoms with van der Waals surface area (Å²) < 4.78 is 3.25. The predicted octanol–water partition coefficient (Wildman–Crippen LogP) is 4.46. The van der Waals surface area contributed by atoms with E-state index in [2.05, 4.69) is 38.4 Å². The molecule has 1 atom stereocenters. The Hall–Kier alpha value is -5.49. The van der Waals surface area contributed by atoms with Crippen LogP contribution in [0.4, 0.5) is 5.82 Å². The predicted molar refractivity (Wildman–Crippen MR) is 154 cm³/mol. The van der Waals surface area contributed by atoms with E-state index in [4.69, 9.17) is 10.7 Å². The number of nitrogens with zero attached hydrogens (tertiary/aromatic N) is 6. The average Bonchev–Trinajstić information content (AvgIpc) is 3.47. The Bertz CT molecular complexity index is 1960. The van der Waals surface area contributed by atoms with Crippen molar-refractivity contribution < 1.29 is 4.79 Å². The smallest absolute Gasteiger partial charge is 0.259 e. The van der Waals surface area contributed by atoms with Gasteiger partial charge in [-0.2, -0.15) is 5.10 Å². The van der Waals surface area contributed by atoms with E-state index in [9.17, 15) is 4.79 Å². The number of amides is 1. The van der Waals surface area contributed by atoms with Gasteiger partial charge in [-0.1, -0.05) is 54.3 Å². The fourth-order valence-corrected chi connectivity index (χ4v) is 4.80. The van der Waals surface area contributed by atoms with Gasteiger partial charge in [-0.3, -0.25) is 9.48 Å². The summed E-state index contributed by atoms with van der Waals surface area (Å²) >= 11 is 0. The molecule has 3 N–H and O–H groups in total. The second-order valence-corrected chi connectivity index (χ2v) is 9.56. The van der Waals surface area contributed by atoms with Crippen LogP contribution in [0, 0.1) is 18.8 Å². The summed E-state index contributed by atoms with van der Waals surface area (Å²) in [7, 11) is 1.88. The Morgan fingerprint density at radius 3 is 2.60 bits per heavy atom. The number of carbonyl (C=O) groups excluding carboxylic acids is 1. The lowest BCUT2D eigenvalue weighted by molar-refractivity contribution is 0.0942. The highest BCUT2D eigenvalue weighted by molar-refractivity contribution is 6.04. The molecule has 0 spiro atoms. The number of nitrogens with two attached hydrogens (primary N) is 1. The Morgan fingerprint density at radius 2 is 1.82 bits per heavy atom. The first-order chi connectivity index (χ1) is 19.4. The van der Waals surface area contributed by atoms with Gasteiger partial charge in [-0.15, -0.1) is 5.10 Å². The van der Waals surface area contributed by atoms with Crippen LogP contribution in [0.15, 0.2) is 79.3 Å². The van der Waals surface area contributed by atoms with Gasteiger partial charge < -0.3 is 11.1 Å². The van der Waals surface area contributed by atoms with Crippen molar-refractivity contribution >= 4 is 28.3 Å². The second-order valence-electron chi connectivity index (χ2n) is 9.56. The highest BCUT2D eigenvalue weighted by Crippen LogP contribution is 2.31. The highest BCUT2D eigenvalue weighted by Gasteiger charge is 2.23. The van der Waals surface area contributed by atoms with Crippen LogP contribution in [0.25, 0.3) is 27.8 Å². The number of aryl methyl sites for hydroxylation is 2. The minimum absolute atomic E-state index is 0.121. The molecule has 0 unspecified atom stereocenters. The molecule has 0 aliphatic rings. The molecule has 6 aromatic rings. The van der Waals surface area contributed by atoms with Crippen molar-refractivity contribution in [2.24, 2.45) is 7.05 Å². The molecule has 4 aromatic heterocycles. The topological polar surface area (TPSA) is 116 Å². The van der Waals surface area contributed by atoms with Gasteiger partial charge in [0.25, 0.3) is 5.91 Å². The van der Waals surface area contributed by atoms with Gasteiger partial charge >= 0.3 is 0 Å². The summed E-state index contributed by atoms with van der Waals surface area (Å²) in [6.07, 6.45) is 5.22. The largest absolute Gasteiger partial charge is 0.381 e. The Kier molecular flexibility index (Phi) is 6.21. The van der Waals surface area contributed by atoms with Gasteiger partial charge in [0.15, 0.2) is 11.5 Å². The lowest BCUT2D eigenvalue weighted by atomic mass is 9.97. The first-order valence-electron chi connectivity index (χ1n) is 12.8. The third kappa shape index (κ3) is 4.52. The van der Waals surface area contributed by atoms with Crippen LogP contribution >= 0.6 is 0 Å². The Morgan fingerprint density at radius 1 is 1.02 bits per heavy atom. The molecule has 40 heavy (non-hydrogen) atoms. The number of hydrogen-bond donors (Lipinski definition) is 2. The maximum Gasteiger partial charge on any atom is 0.259 e. The number of pyridine rings is 1. The van der Waals surface area contributed by atoms with E-state index < -0.39 is 6.04 Å². The first-order valence-corrected chi connectivity index (χ1v) is 12.8. The Balaban J connectivity index is 1.43. The molecule has 0 aliphatic heterocycles. The summed E-state index contributed by atoms with van der Waals surface area (Å²) in [5, 5.41) is 12.6. The summed E-state index contributed by atoms with van der Waals surface area (Å²) in [5.74, 6) is 6.30. The molecule has 4 heterocycles. The van der Waals surface area contributed by atoms with E-state index in [0.29, 0.717) is 5.65 Å². The van der Waals surface area contributed by atoms with Crippen molar-refractivity contribution in [2.75, 3.05) is 5.73 Å². The zero-order valence-electron chi connectivity index (χ0n) is 22.3. The summed E-state index contributed by atoms with van der Waals surface area (Å²) in [6, 6.07) is 19.2. The van der Waals surface area contributed by atoms with E-state index in [1.807, 2.05) is 75.6 Å². The summed E-state index contributed by atoms with van der Waals surface area (Å²) in [4.78, 5) is 22.8. The van der Waals surface area contributed by atoms with Crippen LogP contribution in [0.1, 0.15) is 45.7 Å². The molecule has 2 aromatic carbocycles. The lowest BCUT2D eigenvalue weighted by Gasteiger charge is -2.19. The molecule has 0 saturated heterocycles. The molecule has 9 heteroatoms. The van der Waals surface area contributed by atoms with E-state index in [0.717, 1.165) is 44.5 Å². The Labute approximate surface area is 230 Å². The molecule has 0 saturated carbocycles. The fourth-order valence-electron chi connectivity index (χ4n) is 4.80. The number of benzene rings is 2. The number of fused-ring (bicyclic) bond motifs is 2. The van der Waals surface area contributed by atoms with Crippen LogP contribution in [-0.4, -0.2) is 35.3 Å². The average molecular weight is 527 g/mol. The molecule has 0 aliphatic carbocycles. The standard InChI is InChI=1S/C31H26N8O/c1-19-24(18-38(3)36-19)14-13-22-11-7-12-23-17-25(28(35-27(22)23)21-9-5-4-6-10-21)20(2)34-31(40)26-29(32)37-39-16-8-15-33-30(26)39/h4-12,15-18,20H,1-3H3,(H2,32,37)(H,34,40)/t20-/m0/s1. The third-order valence-electron chi connectivity index (χ3n) is 6.73. The van der Waals surface area contributed by atoms with Gasteiger partial charge in [-0.05, 0) is 32.0 Å². The number of para-hydroxylation sites is 1. The molecule has 1 amide bonds. The minimum Gasteiger partial charge on any atom is -0.381 e. The molecule has 9 nitrogen and oxygen atoms in total. The third-order valence-corrected chi connectivity index (χ3v) is 6.73. The van der Waals surface area contributed by atoms with Gasteiger partial charge in [0, 0.05) is 42.2 Å². The normalized spacial score (nSPS) is 11.8. The zero-order valence-corrected chi connectivity index (χ0v) is 22.3. The monoisotopic (exact) mass is 526 g/mol. The number of carbonyl (C=O) groups is 1. The molecular weight excluding hydrogens is 500 g/mol. The maximum absolute atomic E-state index is 13.4. The van der Waals surface area contributed by atoms with Crippen LogP contribution in [-0.2, 0) is 7.05 Å². The van der Waals surface area contributed by atoms with E-state index in [1.165, 1.54) is 4.52 Å². The molecule has 0 radical (unpaired) electrons. The van der Waals surface area contributed by atoms with Crippen molar-refractivity contribution in [3.05, 3.63) is 107 Å². The highest BCUT2D eigenvalue weighted by atomic mass is 16.1. The van der Waals surface area contributed by atoms with Crippen molar-refractivity contribution in [1.82, 2.24) is 34.7 Å². The molecular formula is C31H26N8O. The number of anilines is 1. The van der Waals surface area contributed by atoms with E-state index in [-0.39, 0.29) is 17.3 Å². The van der Waals surface area contributed by atoms with Gasteiger partial charge in [0.05, 0.1) is 34.1 Å². The SMILES string of the molecule is Cc1nn(C)cc1C#Cc1cccc2cc([C@H](C)NC(=O)c3c(N)nn4cccnc34)c(-c3ccccc3)nc12. The molecule has 0 bridgehead atoms. The minimum atomic E-state index is -0.398. The van der Waals surface area contributed by atoms with Gasteiger partial charge in [0.1, 0.15) is 5.56 Å². The number of rotatable bonds is 4. The summed E-state index contributed by atoms with van der Waals surface area (Å²) in [5.41, 5.74) is 12.6. The molecule has 196 valence electrons. The van der Waals surface area contributed by atoms with Crippen molar-refractivity contribution in [1.29, 1.82) is 0 Å². The van der Waals surface area contributed by atoms with Crippen LogP contribution < -0.4 is 11.1 Å². The summed E-state index contributed by atoms with van der Waals surface area (Å²) in [6.45, 7) is 3.87. The van der Waals surface area contributed by atoms with Gasteiger partial charge in [0.2, 0.25) is 0 Å². The number of nitrogens with one attached hydrogen (secondary N) is 1. The van der Waals surface area contributed by atoms with E-state index in [1.54, 1.807) is 23.1 Å². The van der Waals surface area contributed by atoms with Crippen LogP contribution in [0.5, 0.6) is 0 Å². The van der Waals surface area contributed by atoms with Crippen LogP contribution in [0.2, 0.25) is 0 Å². The number of aromatic nitrogens is 6. The van der Waals surface area contributed by atoms with Crippen molar-refractivity contribution in [3.63, 3.8) is 0 Å². The molecule has 0 fully saturated rings. The zero-order chi connectivity index (χ0) is 27.8. The second kappa shape index (κ2) is 10.0. The fraction of sp³-hybridized carbons (Fsp3) is 0.129. The lowest BCUT2D eigenvalue weighted by Crippen LogP contribution is -2.28. The number of nitrogen functional groups attached to an aromatic ring is 1. The quantitative estimate of drug-likeness (QED) is 0.328. The van der Waals surface area contributed by atoms with Crippen molar-refractivity contribution in [2.45, 2.75) is 19.9 Å². The van der Waals surface area contributed by atoms with E-state index >= 15 is 0 Å². The number of hydrogen-bond acceptors (Lipinski definition) is 6. The molecule has 6 rings (SSSR count).